The molecule has 0 aliphatic heterocycles. The zero-order chi connectivity index (χ0) is 11.8. The Labute approximate surface area is 94.9 Å². The monoisotopic (exact) mass is 223 g/mol. The molecule has 1 N–H and O–H groups in total. The van der Waals surface area contributed by atoms with Gasteiger partial charge in [-0.15, -0.1) is 0 Å². The van der Waals surface area contributed by atoms with Gasteiger partial charge in [0.15, 0.2) is 0 Å². The Morgan fingerprint density at radius 2 is 2.25 bits per heavy atom. The van der Waals surface area contributed by atoms with Gasteiger partial charge in [0.1, 0.15) is 5.76 Å². The number of hydrogen-bond acceptors (Lipinski definition) is 3. The summed E-state index contributed by atoms with van der Waals surface area (Å²) < 4.78 is 5.40. The van der Waals surface area contributed by atoms with Gasteiger partial charge in [-0.25, -0.2) is 0 Å². The Morgan fingerprint density at radius 1 is 1.56 bits per heavy atom. The van der Waals surface area contributed by atoms with Crippen molar-refractivity contribution in [3.63, 3.8) is 0 Å². The molecule has 0 radical (unpaired) electrons. The summed E-state index contributed by atoms with van der Waals surface area (Å²) in [5, 5.41) is 9.33. The van der Waals surface area contributed by atoms with Crippen molar-refractivity contribution >= 4 is 11.8 Å². The first-order valence-electron chi connectivity index (χ1n) is 5.54. The molecule has 0 saturated heterocycles. The molecule has 1 amide bonds. The van der Waals surface area contributed by atoms with Crippen LogP contribution in [0.15, 0.2) is 16.5 Å². The highest BCUT2D eigenvalue weighted by Crippen LogP contribution is 2.42. The standard InChI is InChI=1S/C12H17NO3/c1-9-4-5-10(16-9)13(2)11(15)12(8-14)6-3-7-12/h4-5,14H,3,6-8H2,1-2H3. The van der Waals surface area contributed by atoms with Crippen LogP contribution in [0.2, 0.25) is 0 Å². The maximum atomic E-state index is 12.2. The molecule has 0 aromatic carbocycles. The van der Waals surface area contributed by atoms with E-state index >= 15 is 0 Å². The third kappa shape index (κ3) is 1.63. The van der Waals surface area contributed by atoms with E-state index in [4.69, 9.17) is 4.42 Å². The Hall–Kier alpha value is -1.29. The number of carbonyl (C=O) groups excluding carboxylic acids is 1. The second-order valence-corrected chi connectivity index (χ2v) is 4.54. The van der Waals surface area contributed by atoms with Crippen LogP contribution in [-0.2, 0) is 4.79 Å². The fraction of sp³-hybridized carbons (Fsp3) is 0.583. The second kappa shape index (κ2) is 3.94. The number of aryl methyl sites for hydroxylation is 1. The summed E-state index contributed by atoms with van der Waals surface area (Å²) in [4.78, 5) is 13.7. The van der Waals surface area contributed by atoms with Gasteiger partial charge >= 0.3 is 0 Å². The van der Waals surface area contributed by atoms with E-state index < -0.39 is 5.41 Å². The number of amides is 1. The highest BCUT2D eigenvalue weighted by Gasteiger charge is 2.45. The van der Waals surface area contributed by atoms with Crippen LogP contribution < -0.4 is 4.90 Å². The number of aliphatic hydroxyl groups excluding tert-OH is 1. The van der Waals surface area contributed by atoms with Gasteiger partial charge in [-0.05, 0) is 25.8 Å². The molecule has 4 heteroatoms. The summed E-state index contributed by atoms with van der Waals surface area (Å²) in [6.07, 6.45) is 2.55. The number of furan rings is 1. The van der Waals surface area contributed by atoms with Gasteiger partial charge in [0, 0.05) is 13.1 Å². The molecule has 1 aromatic heterocycles. The van der Waals surface area contributed by atoms with Gasteiger partial charge in [0.25, 0.3) is 0 Å². The topological polar surface area (TPSA) is 53.7 Å². The van der Waals surface area contributed by atoms with E-state index in [9.17, 15) is 9.90 Å². The van der Waals surface area contributed by atoms with Crippen LogP contribution in [0.5, 0.6) is 0 Å². The smallest absolute Gasteiger partial charge is 0.237 e. The van der Waals surface area contributed by atoms with E-state index in [0.29, 0.717) is 5.88 Å². The van der Waals surface area contributed by atoms with Gasteiger partial charge in [0.05, 0.1) is 12.0 Å². The number of carbonyl (C=O) groups is 1. The van der Waals surface area contributed by atoms with Crippen molar-refractivity contribution in [1.29, 1.82) is 0 Å². The summed E-state index contributed by atoms with van der Waals surface area (Å²) >= 11 is 0. The second-order valence-electron chi connectivity index (χ2n) is 4.54. The molecule has 1 aromatic rings. The minimum Gasteiger partial charge on any atom is -0.445 e. The Morgan fingerprint density at radius 3 is 2.62 bits per heavy atom. The van der Waals surface area contributed by atoms with Crippen molar-refractivity contribution < 1.29 is 14.3 Å². The maximum absolute atomic E-state index is 12.2. The van der Waals surface area contributed by atoms with E-state index in [1.54, 1.807) is 13.1 Å². The van der Waals surface area contributed by atoms with E-state index in [2.05, 4.69) is 0 Å². The summed E-state index contributed by atoms with van der Waals surface area (Å²) in [6.45, 7) is 1.77. The van der Waals surface area contributed by atoms with Crippen molar-refractivity contribution in [2.45, 2.75) is 26.2 Å². The molecule has 1 fully saturated rings. The highest BCUT2D eigenvalue weighted by molar-refractivity contribution is 5.96. The average Bonchev–Trinajstić information content (AvgIpc) is 2.63. The Balaban J connectivity index is 2.15. The average molecular weight is 223 g/mol. The van der Waals surface area contributed by atoms with Crippen LogP contribution in [0.3, 0.4) is 0 Å². The molecule has 88 valence electrons. The summed E-state index contributed by atoms with van der Waals surface area (Å²) in [6, 6.07) is 3.60. The zero-order valence-electron chi connectivity index (χ0n) is 9.69. The van der Waals surface area contributed by atoms with Gasteiger partial charge in [-0.3, -0.25) is 9.69 Å². The molecule has 0 spiro atoms. The molecule has 0 bridgehead atoms. The van der Waals surface area contributed by atoms with Crippen LogP contribution in [0.1, 0.15) is 25.0 Å². The normalized spacial score (nSPS) is 17.9. The molecular weight excluding hydrogens is 206 g/mol. The van der Waals surface area contributed by atoms with Gasteiger partial charge in [-0.1, -0.05) is 6.42 Å². The van der Waals surface area contributed by atoms with E-state index in [1.165, 1.54) is 4.90 Å². The number of aliphatic hydroxyl groups is 1. The molecule has 0 atom stereocenters. The van der Waals surface area contributed by atoms with Crippen molar-refractivity contribution in [1.82, 2.24) is 0 Å². The lowest BCUT2D eigenvalue weighted by molar-refractivity contribution is -0.136. The van der Waals surface area contributed by atoms with Crippen LogP contribution in [0.25, 0.3) is 0 Å². The minimum atomic E-state index is -0.560. The first-order chi connectivity index (χ1) is 7.59. The van der Waals surface area contributed by atoms with Crippen LogP contribution in [0, 0.1) is 12.3 Å². The third-order valence-electron chi connectivity index (χ3n) is 3.43. The molecule has 0 unspecified atom stereocenters. The Kier molecular flexibility index (Phi) is 2.76. The largest absolute Gasteiger partial charge is 0.445 e. The van der Waals surface area contributed by atoms with Gasteiger partial charge < -0.3 is 9.52 Å². The number of hydrogen-bond donors (Lipinski definition) is 1. The highest BCUT2D eigenvalue weighted by atomic mass is 16.4. The van der Waals surface area contributed by atoms with Crippen LogP contribution in [-0.4, -0.2) is 24.7 Å². The summed E-state index contributed by atoms with van der Waals surface area (Å²) in [7, 11) is 1.69. The quantitative estimate of drug-likeness (QED) is 0.848. The number of anilines is 1. The molecule has 1 aliphatic rings. The van der Waals surface area contributed by atoms with E-state index in [0.717, 1.165) is 25.0 Å². The fourth-order valence-electron chi connectivity index (χ4n) is 2.10. The predicted octanol–water partition coefficient (Wildman–Crippen LogP) is 1.71. The SMILES string of the molecule is Cc1ccc(N(C)C(=O)C2(CO)CCC2)o1. The molecule has 1 heterocycles. The molecule has 16 heavy (non-hydrogen) atoms. The van der Waals surface area contributed by atoms with Crippen molar-refractivity contribution in [2.24, 2.45) is 5.41 Å². The third-order valence-corrected chi connectivity index (χ3v) is 3.43. The lowest BCUT2D eigenvalue weighted by Gasteiger charge is -2.40. The minimum absolute atomic E-state index is 0.0457. The molecule has 4 nitrogen and oxygen atoms in total. The van der Waals surface area contributed by atoms with Gasteiger partial charge in [-0.2, -0.15) is 0 Å². The van der Waals surface area contributed by atoms with Crippen molar-refractivity contribution in [2.75, 3.05) is 18.6 Å². The van der Waals surface area contributed by atoms with Crippen LogP contribution in [0.4, 0.5) is 5.88 Å². The van der Waals surface area contributed by atoms with Crippen LogP contribution >= 0.6 is 0 Å². The molecule has 1 saturated carbocycles. The Bertz CT molecular complexity index is 387. The van der Waals surface area contributed by atoms with Crippen molar-refractivity contribution in [3.8, 4) is 0 Å². The van der Waals surface area contributed by atoms with E-state index in [1.807, 2.05) is 13.0 Å². The maximum Gasteiger partial charge on any atom is 0.237 e. The molecular formula is C12H17NO3. The van der Waals surface area contributed by atoms with Crippen molar-refractivity contribution in [3.05, 3.63) is 17.9 Å². The van der Waals surface area contributed by atoms with Gasteiger partial charge in [0.2, 0.25) is 11.8 Å². The zero-order valence-corrected chi connectivity index (χ0v) is 9.69. The first kappa shape index (κ1) is 11.2. The summed E-state index contributed by atoms with van der Waals surface area (Å²) in [5.41, 5.74) is -0.560. The number of nitrogens with zero attached hydrogens (tertiary/aromatic N) is 1. The van der Waals surface area contributed by atoms with E-state index in [-0.39, 0.29) is 12.5 Å². The fourth-order valence-corrected chi connectivity index (χ4v) is 2.10. The lowest BCUT2D eigenvalue weighted by Crippen LogP contribution is -2.48. The number of rotatable bonds is 3. The first-order valence-corrected chi connectivity index (χ1v) is 5.54. The molecule has 2 rings (SSSR count). The lowest BCUT2D eigenvalue weighted by atomic mass is 9.68. The molecule has 1 aliphatic carbocycles. The summed E-state index contributed by atoms with van der Waals surface area (Å²) in [5.74, 6) is 1.28. The predicted molar refractivity (Wildman–Crippen MR) is 60.2 cm³/mol.